The Bertz CT molecular complexity index is 879. The maximum Gasteiger partial charge on any atom is 0.296 e. The van der Waals surface area contributed by atoms with Gasteiger partial charge in [0.25, 0.3) is 5.69 Å². The first-order chi connectivity index (χ1) is 12.6. The van der Waals surface area contributed by atoms with E-state index in [0.717, 1.165) is 22.0 Å². The average molecular weight is 415 g/mol. The third kappa shape index (κ3) is 2.88. The lowest BCUT2D eigenvalue weighted by atomic mass is 9.76. The van der Waals surface area contributed by atoms with E-state index < -0.39 is 0 Å². The molecule has 0 unspecified atom stereocenters. The van der Waals surface area contributed by atoms with Crippen molar-refractivity contribution in [1.82, 2.24) is 0 Å². The highest BCUT2D eigenvalue weighted by molar-refractivity contribution is 9.10. The highest BCUT2D eigenvalue weighted by atomic mass is 79.9. The minimum absolute atomic E-state index is 0.0345. The van der Waals surface area contributed by atoms with Crippen LogP contribution in [0.4, 0.5) is 11.4 Å². The summed E-state index contributed by atoms with van der Waals surface area (Å²) in [5, 5.41) is 15.2. The molecule has 1 aliphatic heterocycles. The fraction of sp³-hybridized carbons (Fsp3) is 0.300. The summed E-state index contributed by atoms with van der Waals surface area (Å²) in [6, 6.07) is 11.7. The Morgan fingerprint density at radius 1 is 1.31 bits per heavy atom. The van der Waals surface area contributed by atoms with Gasteiger partial charge in [0.2, 0.25) is 0 Å². The highest BCUT2D eigenvalue weighted by Crippen LogP contribution is 2.53. The van der Waals surface area contributed by atoms with Gasteiger partial charge in [0.15, 0.2) is 0 Å². The molecule has 0 saturated carbocycles. The number of nitrogens with zero attached hydrogens (tertiary/aromatic N) is 1. The van der Waals surface area contributed by atoms with Crippen LogP contribution >= 0.6 is 15.9 Å². The van der Waals surface area contributed by atoms with Crippen LogP contribution in [0.15, 0.2) is 53.0 Å². The summed E-state index contributed by atoms with van der Waals surface area (Å²) in [6.45, 7) is 2.36. The van der Waals surface area contributed by atoms with Crippen LogP contribution in [0.25, 0.3) is 0 Å². The fourth-order valence-corrected chi connectivity index (χ4v) is 4.31. The van der Waals surface area contributed by atoms with Gasteiger partial charge in [-0.2, -0.15) is 0 Å². The molecule has 134 valence electrons. The molecule has 0 aromatic heterocycles. The van der Waals surface area contributed by atoms with Gasteiger partial charge in [0.1, 0.15) is 11.4 Å². The normalized spacial score (nSPS) is 23.1. The van der Waals surface area contributed by atoms with Gasteiger partial charge < -0.3 is 10.1 Å². The quantitative estimate of drug-likeness (QED) is 0.402. The van der Waals surface area contributed by atoms with Gasteiger partial charge in [-0.15, -0.1) is 0 Å². The summed E-state index contributed by atoms with van der Waals surface area (Å²) in [5.41, 5.74) is 2.78. The molecule has 5 nitrogen and oxygen atoms in total. The molecule has 6 heteroatoms. The Morgan fingerprint density at radius 2 is 2.08 bits per heavy atom. The minimum Gasteiger partial charge on any atom is -0.494 e. The van der Waals surface area contributed by atoms with Crippen LogP contribution in [0.5, 0.6) is 5.75 Å². The first-order valence-corrected chi connectivity index (χ1v) is 9.51. The number of rotatable bonds is 4. The van der Waals surface area contributed by atoms with E-state index in [2.05, 4.69) is 45.5 Å². The largest absolute Gasteiger partial charge is 0.494 e. The van der Waals surface area contributed by atoms with Crippen molar-refractivity contribution >= 4 is 27.3 Å². The number of fused-ring (bicyclic) bond motifs is 3. The summed E-state index contributed by atoms with van der Waals surface area (Å²) in [4.78, 5) is 11.4. The van der Waals surface area contributed by atoms with Gasteiger partial charge in [-0.25, -0.2) is 0 Å². The van der Waals surface area contributed by atoms with E-state index in [1.165, 1.54) is 6.07 Å². The topological polar surface area (TPSA) is 64.4 Å². The molecule has 0 amide bonds. The fourth-order valence-electron chi connectivity index (χ4n) is 4.05. The molecule has 4 rings (SSSR count). The minimum atomic E-state index is -0.327. The number of ether oxygens (including phenoxy) is 1. The van der Waals surface area contributed by atoms with Crippen molar-refractivity contribution in [3.05, 3.63) is 74.3 Å². The lowest BCUT2D eigenvalue weighted by molar-refractivity contribution is -0.384. The highest BCUT2D eigenvalue weighted by Gasteiger charge is 2.41. The van der Waals surface area contributed by atoms with Crippen molar-refractivity contribution in [2.24, 2.45) is 5.92 Å². The molecular weight excluding hydrogens is 396 g/mol. The maximum absolute atomic E-state index is 11.7. The molecule has 1 heterocycles. The van der Waals surface area contributed by atoms with Crippen molar-refractivity contribution in [3.8, 4) is 5.75 Å². The lowest BCUT2D eigenvalue weighted by Crippen LogP contribution is -2.29. The number of nitro benzene ring substituents is 1. The zero-order valence-corrected chi connectivity index (χ0v) is 15.9. The van der Waals surface area contributed by atoms with Crippen molar-refractivity contribution in [1.29, 1.82) is 0 Å². The predicted octanol–water partition coefficient (Wildman–Crippen LogP) is 5.58. The van der Waals surface area contributed by atoms with Gasteiger partial charge in [-0.3, -0.25) is 10.1 Å². The zero-order chi connectivity index (χ0) is 18.3. The summed E-state index contributed by atoms with van der Waals surface area (Å²) >= 11 is 3.47. The monoisotopic (exact) mass is 414 g/mol. The Hall–Kier alpha value is -2.34. The van der Waals surface area contributed by atoms with Crippen LogP contribution in [0.3, 0.4) is 0 Å². The van der Waals surface area contributed by atoms with Crippen LogP contribution in [0, 0.1) is 16.0 Å². The average Bonchev–Trinajstić information content (AvgIpc) is 3.11. The predicted molar refractivity (Wildman–Crippen MR) is 105 cm³/mol. The Labute approximate surface area is 160 Å². The molecule has 2 aromatic carbocycles. The molecular formula is C20H19BrN2O3. The SMILES string of the molecule is CCOc1cc2c(c([N+](=O)[O-])c1)N[C@@H](c1ccc(Br)cc1)[C@@H]1CC=C[C@@H]21. The third-order valence-electron chi connectivity index (χ3n) is 5.16. The van der Waals surface area contributed by atoms with Crippen molar-refractivity contribution in [3.63, 3.8) is 0 Å². The number of hydrogen-bond donors (Lipinski definition) is 1. The van der Waals surface area contributed by atoms with Gasteiger partial charge in [0.05, 0.1) is 23.6 Å². The second-order valence-corrected chi connectivity index (χ2v) is 7.54. The van der Waals surface area contributed by atoms with E-state index in [9.17, 15) is 10.1 Å². The summed E-state index contributed by atoms with van der Waals surface area (Å²) in [5.74, 6) is 1.04. The molecule has 26 heavy (non-hydrogen) atoms. The smallest absolute Gasteiger partial charge is 0.296 e. The summed E-state index contributed by atoms with van der Waals surface area (Å²) < 4.78 is 6.59. The van der Waals surface area contributed by atoms with Crippen LogP contribution in [-0.4, -0.2) is 11.5 Å². The van der Waals surface area contributed by atoms with Crippen molar-refractivity contribution in [2.75, 3.05) is 11.9 Å². The van der Waals surface area contributed by atoms with E-state index in [1.54, 1.807) is 0 Å². The number of nitrogens with one attached hydrogen (secondary N) is 1. The molecule has 1 N–H and O–H groups in total. The first kappa shape index (κ1) is 17.1. The van der Waals surface area contributed by atoms with Gasteiger partial charge in [0, 0.05) is 10.4 Å². The molecule has 0 spiro atoms. The van der Waals surface area contributed by atoms with Crippen LogP contribution in [0.1, 0.15) is 36.4 Å². The number of nitro groups is 1. The van der Waals surface area contributed by atoms with Crippen molar-refractivity contribution < 1.29 is 9.66 Å². The second-order valence-electron chi connectivity index (χ2n) is 6.62. The summed E-state index contributed by atoms with van der Waals surface area (Å²) in [6.07, 6.45) is 5.30. The number of benzene rings is 2. The Balaban J connectivity index is 1.83. The van der Waals surface area contributed by atoms with Gasteiger partial charge in [-0.1, -0.05) is 40.2 Å². The van der Waals surface area contributed by atoms with Gasteiger partial charge in [-0.05, 0) is 48.6 Å². The Kier molecular flexibility index (Phi) is 4.44. The molecule has 2 aliphatic rings. The molecule has 1 aliphatic carbocycles. The van der Waals surface area contributed by atoms with Crippen molar-refractivity contribution in [2.45, 2.75) is 25.3 Å². The molecule has 0 radical (unpaired) electrons. The molecule has 2 aromatic rings. The van der Waals surface area contributed by atoms with E-state index in [4.69, 9.17) is 4.74 Å². The Morgan fingerprint density at radius 3 is 2.77 bits per heavy atom. The van der Waals surface area contributed by atoms with Crippen LogP contribution in [0.2, 0.25) is 0 Å². The molecule has 0 saturated heterocycles. The van der Waals surface area contributed by atoms with E-state index in [-0.39, 0.29) is 22.6 Å². The number of allylic oxidation sites excluding steroid dienone is 2. The van der Waals surface area contributed by atoms with E-state index in [0.29, 0.717) is 24.0 Å². The van der Waals surface area contributed by atoms with E-state index in [1.807, 2.05) is 25.1 Å². The second kappa shape index (κ2) is 6.76. The molecule has 0 bridgehead atoms. The number of halogens is 1. The lowest BCUT2D eigenvalue weighted by Gasteiger charge is -2.37. The zero-order valence-electron chi connectivity index (χ0n) is 14.3. The number of anilines is 1. The number of hydrogen-bond acceptors (Lipinski definition) is 4. The molecule has 0 fully saturated rings. The third-order valence-corrected chi connectivity index (χ3v) is 5.69. The van der Waals surface area contributed by atoms with Crippen LogP contribution < -0.4 is 10.1 Å². The molecule has 3 atom stereocenters. The van der Waals surface area contributed by atoms with E-state index >= 15 is 0 Å². The first-order valence-electron chi connectivity index (χ1n) is 8.72. The summed E-state index contributed by atoms with van der Waals surface area (Å²) in [7, 11) is 0. The van der Waals surface area contributed by atoms with Gasteiger partial charge >= 0.3 is 0 Å². The maximum atomic E-state index is 11.7. The van der Waals surface area contributed by atoms with Crippen LogP contribution in [-0.2, 0) is 0 Å². The standard InChI is InChI=1S/C20H19BrN2O3/c1-2-26-14-10-17-15-4-3-5-16(15)19(12-6-8-13(21)9-7-12)22-20(17)18(11-14)23(24)25/h3-4,6-11,15-16,19,22H,2,5H2,1H3/t15-,16-,19+/m1/s1.